The van der Waals surface area contributed by atoms with E-state index in [0.29, 0.717) is 0 Å². The lowest BCUT2D eigenvalue weighted by molar-refractivity contribution is -0.116. The van der Waals surface area contributed by atoms with E-state index >= 15 is 0 Å². The summed E-state index contributed by atoms with van der Waals surface area (Å²) < 4.78 is 0. The number of nitrogens with zero attached hydrogens (tertiary/aromatic N) is 1. The summed E-state index contributed by atoms with van der Waals surface area (Å²) in [6, 6.07) is 0. The maximum Gasteiger partial charge on any atom is 0.284 e. The summed E-state index contributed by atoms with van der Waals surface area (Å²) in [5.41, 5.74) is 2.00. The van der Waals surface area contributed by atoms with Gasteiger partial charge in [-0.1, -0.05) is 0 Å². The van der Waals surface area contributed by atoms with E-state index in [1.54, 1.807) is 0 Å². The van der Waals surface area contributed by atoms with Crippen molar-refractivity contribution < 1.29 is 9.59 Å². The Bertz CT molecular complexity index is 200. The Balaban J connectivity index is 2.99. The monoisotopic (exact) mass is 110 g/mol. The van der Waals surface area contributed by atoms with Gasteiger partial charge in [0, 0.05) is 0 Å². The minimum absolute atomic E-state index is 0.0509. The van der Waals surface area contributed by atoms with Crippen LogP contribution in [0, 0.1) is 0 Å². The average molecular weight is 110 g/mol. The van der Waals surface area contributed by atoms with Gasteiger partial charge < -0.3 is 0 Å². The zero-order valence-electron chi connectivity index (χ0n) is 3.84. The van der Waals surface area contributed by atoms with E-state index in [1.807, 2.05) is 0 Å². The van der Waals surface area contributed by atoms with Crippen LogP contribution in [0.1, 0.15) is 0 Å². The van der Waals surface area contributed by atoms with Gasteiger partial charge in [-0.15, -0.1) is 0 Å². The van der Waals surface area contributed by atoms with Crippen LogP contribution in [0.25, 0.3) is 0 Å². The first-order valence-electron chi connectivity index (χ1n) is 1.93. The molecule has 0 unspecified atom stereocenters. The lowest BCUT2D eigenvalue weighted by Gasteiger charge is -1.78. The second-order valence-electron chi connectivity index (χ2n) is 1.21. The lowest BCUT2D eigenvalue weighted by Crippen LogP contribution is -2.11. The first kappa shape index (κ1) is 4.74. The van der Waals surface area contributed by atoms with E-state index in [9.17, 15) is 9.59 Å². The van der Waals surface area contributed by atoms with E-state index in [1.165, 1.54) is 5.94 Å². The van der Waals surface area contributed by atoms with Crippen molar-refractivity contribution >= 4 is 18.1 Å². The standard InChI is InChI=1S/C4H2N2O2/c7-2-3-1-5-6-4(3)8/h1H,(H,6,8). The molecular formula is C4H2N2O2. The van der Waals surface area contributed by atoms with Crippen molar-refractivity contribution in [3.8, 4) is 0 Å². The van der Waals surface area contributed by atoms with Crippen LogP contribution in [0.15, 0.2) is 10.7 Å². The number of hydrogen-bond donors (Lipinski definition) is 1. The second kappa shape index (κ2) is 1.60. The molecule has 0 fully saturated rings. The van der Waals surface area contributed by atoms with Crippen molar-refractivity contribution in [1.29, 1.82) is 0 Å². The van der Waals surface area contributed by atoms with E-state index in [4.69, 9.17) is 0 Å². The van der Waals surface area contributed by atoms with Gasteiger partial charge in [0.1, 0.15) is 11.5 Å². The first-order chi connectivity index (χ1) is 3.84. The zero-order chi connectivity index (χ0) is 5.98. The summed E-state index contributed by atoms with van der Waals surface area (Å²) in [5, 5.41) is 3.29. The lowest BCUT2D eigenvalue weighted by atomic mass is 10.3. The van der Waals surface area contributed by atoms with Gasteiger partial charge in [-0.3, -0.25) is 4.79 Å². The third-order valence-electron chi connectivity index (χ3n) is 0.714. The Kier molecular flexibility index (Phi) is 0.946. The highest BCUT2D eigenvalue weighted by Gasteiger charge is 2.11. The van der Waals surface area contributed by atoms with Crippen molar-refractivity contribution in [3.63, 3.8) is 0 Å². The summed E-state index contributed by atoms with van der Waals surface area (Å²) in [7, 11) is 0. The molecule has 1 N–H and O–H groups in total. The molecule has 1 aliphatic heterocycles. The fourth-order valence-corrected chi connectivity index (χ4v) is 0.347. The van der Waals surface area contributed by atoms with Gasteiger partial charge >= 0.3 is 0 Å². The summed E-state index contributed by atoms with van der Waals surface area (Å²) in [5.74, 6) is 0.933. The van der Waals surface area contributed by atoms with Crippen LogP contribution in [0.4, 0.5) is 0 Å². The molecule has 0 radical (unpaired) electrons. The molecule has 4 heteroatoms. The van der Waals surface area contributed by atoms with Crippen LogP contribution in [0.5, 0.6) is 0 Å². The molecule has 0 aromatic heterocycles. The molecule has 0 spiro atoms. The van der Waals surface area contributed by atoms with Crippen molar-refractivity contribution in [1.82, 2.24) is 5.43 Å². The molecule has 0 saturated carbocycles. The van der Waals surface area contributed by atoms with Gasteiger partial charge in [0.05, 0.1) is 6.21 Å². The highest BCUT2D eigenvalue weighted by molar-refractivity contribution is 6.21. The second-order valence-corrected chi connectivity index (χ2v) is 1.21. The summed E-state index contributed by atoms with van der Waals surface area (Å²) in [4.78, 5) is 20.0. The normalized spacial score (nSPS) is 16.0. The maximum absolute atomic E-state index is 10.3. The minimum atomic E-state index is -0.486. The largest absolute Gasteiger partial charge is 0.284 e. The van der Waals surface area contributed by atoms with Crippen molar-refractivity contribution in [2.45, 2.75) is 0 Å². The molecule has 0 bridgehead atoms. The Morgan fingerprint density at radius 2 is 2.50 bits per heavy atom. The highest BCUT2D eigenvalue weighted by atomic mass is 16.2. The molecule has 1 heterocycles. The minimum Gasteiger partial charge on any atom is -0.266 e. The highest BCUT2D eigenvalue weighted by Crippen LogP contribution is 1.88. The number of amides is 1. The summed E-state index contributed by atoms with van der Waals surface area (Å²) >= 11 is 0. The van der Waals surface area contributed by atoms with E-state index in [2.05, 4.69) is 10.5 Å². The number of hydrogen-bond acceptors (Lipinski definition) is 3. The molecule has 8 heavy (non-hydrogen) atoms. The molecule has 1 amide bonds. The van der Waals surface area contributed by atoms with Crippen LogP contribution in [0.2, 0.25) is 0 Å². The van der Waals surface area contributed by atoms with Crippen LogP contribution < -0.4 is 5.43 Å². The van der Waals surface area contributed by atoms with Crippen LogP contribution >= 0.6 is 0 Å². The van der Waals surface area contributed by atoms with Crippen LogP contribution in [-0.4, -0.2) is 18.1 Å². The molecule has 40 valence electrons. The van der Waals surface area contributed by atoms with Crippen molar-refractivity contribution in [3.05, 3.63) is 5.57 Å². The maximum atomic E-state index is 10.3. The fourth-order valence-electron chi connectivity index (χ4n) is 0.347. The van der Waals surface area contributed by atoms with Gasteiger partial charge in [-0.25, -0.2) is 10.2 Å². The smallest absolute Gasteiger partial charge is 0.266 e. The number of hydrazone groups is 1. The SMILES string of the molecule is O=C=C1C=NNC1=O. The Hall–Kier alpha value is -1.41. The number of carbonyl (C=O) groups excluding carboxylic acids is 2. The summed E-state index contributed by atoms with van der Waals surface area (Å²) in [6.45, 7) is 0. The molecule has 1 aliphatic rings. The zero-order valence-corrected chi connectivity index (χ0v) is 3.84. The molecule has 0 aliphatic carbocycles. The van der Waals surface area contributed by atoms with Crippen molar-refractivity contribution in [2.75, 3.05) is 0 Å². The number of nitrogens with one attached hydrogen (secondary N) is 1. The van der Waals surface area contributed by atoms with E-state index in [-0.39, 0.29) is 5.57 Å². The number of carbonyl (C=O) groups is 1. The van der Waals surface area contributed by atoms with Crippen LogP contribution in [0.3, 0.4) is 0 Å². The van der Waals surface area contributed by atoms with E-state index in [0.717, 1.165) is 6.21 Å². The fraction of sp³-hybridized carbons (Fsp3) is 0. The third kappa shape index (κ3) is 0.527. The molecule has 0 aromatic rings. The molecule has 0 saturated heterocycles. The molecule has 0 atom stereocenters. The Morgan fingerprint density at radius 1 is 1.75 bits per heavy atom. The van der Waals surface area contributed by atoms with Gasteiger partial charge in [-0.2, -0.15) is 5.10 Å². The van der Waals surface area contributed by atoms with Gasteiger partial charge in [0.25, 0.3) is 5.91 Å². The van der Waals surface area contributed by atoms with Gasteiger partial charge in [0.2, 0.25) is 0 Å². The number of rotatable bonds is 0. The van der Waals surface area contributed by atoms with E-state index < -0.39 is 5.91 Å². The predicted molar refractivity (Wildman–Crippen MR) is 25.8 cm³/mol. The summed E-state index contributed by atoms with van der Waals surface area (Å²) in [6.07, 6.45) is 1.13. The van der Waals surface area contributed by atoms with Gasteiger partial charge in [-0.05, 0) is 0 Å². The Morgan fingerprint density at radius 3 is 2.75 bits per heavy atom. The van der Waals surface area contributed by atoms with Gasteiger partial charge in [0.15, 0.2) is 0 Å². The molecular weight excluding hydrogens is 108 g/mol. The molecule has 1 rings (SSSR count). The predicted octanol–water partition coefficient (Wildman–Crippen LogP) is -1.14. The van der Waals surface area contributed by atoms with Crippen LogP contribution in [-0.2, 0) is 9.59 Å². The topological polar surface area (TPSA) is 58.5 Å². The molecule has 0 aromatic carbocycles. The first-order valence-corrected chi connectivity index (χ1v) is 1.93. The van der Waals surface area contributed by atoms with Crippen molar-refractivity contribution in [2.24, 2.45) is 5.10 Å². The molecule has 4 nitrogen and oxygen atoms in total. The quantitative estimate of drug-likeness (QED) is 0.316. The Labute approximate surface area is 44.9 Å². The average Bonchev–Trinajstić information content (AvgIpc) is 2.14. The third-order valence-corrected chi connectivity index (χ3v) is 0.714.